The predicted molar refractivity (Wildman–Crippen MR) is 24.5 cm³/mol. The Hall–Kier alpha value is 2.13. The smallest absolute Gasteiger partial charge is 1.00 e. The van der Waals surface area contributed by atoms with Crippen molar-refractivity contribution in [1.82, 2.24) is 0 Å². The minimum absolute atomic E-state index is 0. The van der Waals surface area contributed by atoms with Crippen molar-refractivity contribution in [3.05, 3.63) is 0 Å². The average Bonchev–Trinajstić information content (AvgIpc) is 0. The van der Waals surface area contributed by atoms with Crippen molar-refractivity contribution in [2.75, 3.05) is 0 Å². The third kappa shape index (κ3) is 23.1. The molecule has 0 aliphatic carbocycles. The van der Waals surface area contributed by atoms with Gasteiger partial charge in [0, 0.05) is 37.7 Å². The van der Waals surface area contributed by atoms with Crippen molar-refractivity contribution in [1.29, 1.82) is 0 Å². The van der Waals surface area contributed by atoms with Crippen LogP contribution >= 0.6 is 13.5 Å². The fraction of sp³-hybridized carbons (Fsp3) is 0. The van der Waals surface area contributed by atoms with Gasteiger partial charge in [0.15, 0.2) is 0 Å². The largest absolute Gasteiger partial charge is 1.00 e. The van der Waals surface area contributed by atoms with E-state index in [0.29, 0.717) is 0 Å². The van der Waals surface area contributed by atoms with Crippen molar-refractivity contribution < 1.29 is 31.2 Å². The Morgan fingerprint density at radius 1 is 1.00 bits per heavy atom. The molecule has 0 aromatic carbocycles. The fourth-order valence-corrected chi connectivity index (χ4v) is 0. The Labute approximate surface area is 81.4 Å². The van der Waals surface area contributed by atoms with Crippen LogP contribution in [0.5, 0.6) is 0 Å². The maximum atomic E-state index is 0. The van der Waals surface area contributed by atoms with Gasteiger partial charge in [0.2, 0.25) is 0 Å². The van der Waals surface area contributed by atoms with Crippen molar-refractivity contribution in [2.24, 2.45) is 0 Å². The summed E-state index contributed by atoms with van der Waals surface area (Å²) in [5.74, 6) is 0. The third-order valence-corrected chi connectivity index (χ3v) is 0. The molecule has 0 aromatic heterocycles. The van der Waals surface area contributed by atoms with Gasteiger partial charge in [-0.05, 0) is 0 Å². The molecule has 0 atom stereocenters. The van der Waals surface area contributed by atoms with Crippen LogP contribution in [0, 0.1) is 0 Å². The van der Waals surface area contributed by atoms with E-state index in [1.54, 1.807) is 0 Å². The van der Waals surface area contributed by atoms with Gasteiger partial charge in [0.05, 0.1) is 0 Å². The summed E-state index contributed by atoms with van der Waals surface area (Å²) in [5, 5.41) is 0. The molecular formula is H7CaLiO2S. The summed E-state index contributed by atoms with van der Waals surface area (Å²) in [4.78, 5) is 0. The molecule has 0 amide bonds. The van der Waals surface area contributed by atoms with Crippen LogP contribution in [0.25, 0.3) is 0 Å². The van der Waals surface area contributed by atoms with Gasteiger partial charge < -0.3 is 12.4 Å². The van der Waals surface area contributed by atoms with E-state index in [2.05, 4.69) is 0 Å². The normalized spacial score (nSPS) is 0. The summed E-state index contributed by atoms with van der Waals surface area (Å²) in [6, 6.07) is 0. The monoisotopic (exact) mass is 118 g/mol. The van der Waals surface area contributed by atoms with E-state index in [1.165, 1.54) is 0 Å². The summed E-state index contributed by atoms with van der Waals surface area (Å²) in [5.41, 5.74) is 0. The molecule has 0 fully saturated rings. The molecule has 0 rings (SSSR count). The van der Waals surface area contributed by atoms with Gasteiger partial charge in [-0.25, -0.2) is 0 Å². The zero-order chi connectivity index (χ0) is 0. The molecule has 0 aromatic rings. The maximum Gasteiger partial charge on any atom is 1.00 e. The van der Waals surface area contributed by atoms with Crippen LogP contribution in [0.1, 0.15) is 1.43 Å². The number of hydrogen-bond donors (Lipinski definition) is 0. The Morgan fingerprint density at radius 2 is 1.00 bits per heavy atom. The first-order chi connectivity index (χ1) is 0. The van der Waals surface area contributed by atoms with Crippen molar-refractivity contribution in [2.45, 2.75) is 0 Å². The van der Waals surface area contributed by atoms with E-state index < -0.39 is 0 Å². The fourth-order valence-electron chi connectivity index (χ4n) is 0. The van der Waals surface area contributed by atoms with Crippen molar-refractivity contribution in [3.8, 4) is 0 Å². The van der Waals surface area contributed by atoms with Gasteiger partial charge in [-0.3, -0.25) is 0 Å². The summed E-state index contributed by atoms with van der Waals surface area (Å²) in [6.07, 6.45) is 0. The molecule has 0 spiro atoms. The Bertz CT molecular complexity index is 13.5. The third-order valence-electron chi connectivity index (χ3n) is 0. The van der Waals surface area contributed by atoms with Crippen molar-refractivity contribution in [3.63, 3.8) is 0 Å². The second-order valence-corrected chi connectivity index (χ2v) is 0. The molecule has 0 unspecified atom stereocenters. The predicted octanol–water partition coefficient (Wildman–Crippen LogP) is -4.80. The van der Waals surface area contributed by atoms with Crippen LogP contribution in [0.3, 0.4) is 0 Å². The molecule has 0 bridgehead atoms. The van der Waals surface area contributed by atoms with E-state index in [9.17, 15) is 0 Å². The Kier molecular flexibility index (Phi) is 421. The second-order valence-electron chi connectivity index (χ2n) is 0. The zero-order valence-electron chi connectivity index (χ0n) is 4.21. The first kappa shape index (κ1) is 59.1. The van der Waals surface area contributed by atoms with Crippen LogP contribution in [-0.4, -0.2) is 48.7 Å². The number of rotatable bonds is 0. The van der Waals surface area contributed by atoms with Gasteiger partial charge in [-0.15, -0.1) is 0 Å². The van der Waals surface area contributed by atoms with Gasteiger partial charge >= 0.3 is 18.9 Å². The molecule has 0 saturated heterocycles. The van der Waals surface area contributed by atoms with E-state index in [-0.39, 0.29) is 82.5 Å². The first-order valence-electron chi connectivity index (χ1n) is 0. The Balaban J connectivity index is 0. The van der Waals surface area contributed by atoms with Crippen LogP contribution in [-0.2, 0) is 0 Å². The first-order valence-corrected chi connectivity index (χ1v) is 0. The zero-order valence-corrected chi connectivity index (χ0v) is 6.42. The molecule has 2 radical (unpaired) electrons. The molecule has 5 heavy (non-hydrogen) atoms. The minimum atomic E-state index is 0. The molecule has 0 aliphatic heterocycles. The topological polar surface area (TPSA) is 63.0 Å². The van der Waals surface area contributed by atoms with Gasteiger partial charge in [0.25, 0.3) is 0 Å². The minimum Gasteiger partial charge on any atom is -1.00 e. The molecule has 0 saturated carbocycles. The Morgan fingerprint density at radius 3 is 1.00 bits per heavy atom. The molecule has 28 valence electrons. The molecule has 4 N–H and O–H groups in total. The second kappa shape index (κ2) is 35.6. The number of hydrogen-bond acceptors (Lipinski definition) is 0. The quantitative estimate of drug-likeness (QED) is 0.287. The van der Waals surface area contributed by atoms with E-state index in [4.69, 9.17) is 0 Å². The van der Waals surface area contributed by atoms with Gasteiger partial charge in [-0.1, -0.05) is 0 Å². The van der Waals surface area contributed by atoms with E-state index in [0.717, 1.165) is 0 Å². The molecule has 0 heterocycles. The average molecular weight is 118 g/mol. The molecule has 5 heteroatoms. The summed E-state index contributed by atoms with van der Waals surface area (Å²) >= 11 is 0. The van der Waals surface area contributed by atoms with E-state index >= 15 is 0 Å². The summed E-state index contributed by atoms with van der Waals surface area (Å²) < 4.78 is 0. The van der Waals surface area contributed by atoms with E-state index in [1.807, 2.05) is 0 Å². The van der Waals surface area contributed by atoms with Crippen LogP contribution in [0.4, 0.5) is 0 Å². The summed E-state index contributed by atoms with van der Waals surface area (Å²) in [7, 11) is 0. The molecule has 2 nitrogen and oxygen atoms in total. The molecule has 0 aliphatic rings. The van der Waals surface area contributed by atoms with Crippen LogP contribution < -0.4 is 18.9 Å². The van der Waals surface area contributed by atoms with Gasteiger partial charge in [-0.2, -0.15) is 13.5 Å². The molecular weight excluding hydrogens is 111 g/mol. The standard InChI is InChI=1S/Ca.Li.2H2O.H2S.H/h;;3*1H2;/q;+1;;;;-1. The van der Waals surface area contributed by atoms with Gasteiger partial charge in [0.1, 0.15) is 0 Å². The van der Waals surface area contributed by atoms with Crippen molar-refractivity contribution >= 4 is 51.2 Å². The summed E-state index contributed by atoms with van der Waals surface area (Å²) in [6.45, 7) is 0. The van der Waals surface area contributed by atoms with Crippen LogP contribution in [0.15, 0.2) is 0 Å². The SMILES string of the molecule is O.O.S.[Ca].[H-].[Li+]. The maximum absolute atomic E-state index is 0. The van der Waals surface area contributed by atoms with Crippen LogP contribution in [0.2, 0.25) is 0 Å².